The van der Waals surface area contributed by atoms with E-state index < -0.39 is 0 Å². The van der Waals surface area contributed by atoms with Crippen molar-refractivity contribution in [3.8, 4) is 17.1 Å². The first-order chi connectivity index (χ1) is 14.0. The van der Waals surface area contributed by atoms with Crippen LogP contribution in [0, 0.1) is 5.82 Å². The van der Waals surface area contributed by atoms with Gasteiger partial charge in [0.15, 0.2) is 11.0 Å². The molecule has 3 aromatic rings. The number of hydrogen-bond acceptors (Lipinski definition) is 5. The Morgan fingerprint density at radius 3 is 2.48 bits per heavy atom. The van der Waals surface area contributed by atoms with Crippen molar-refractivity contribution in [2.24, 2.45) is 0 Å². The zero-order valence-electron chi connectivity index (χ0n) is 16.4. The van der Waals surface area contributed by atoms with E-state index >= 15 is 0 Å². The number of carbonyl (C=O) groups is 1. The fraction of sp³-hybridized carbons (Fsp3) is 0.238. The van der Waals surface area contributed by atoms with E-state index in [0.29, 0.717) is 29.8 Å². The van der Waals surface area contributed by atoms with Crippen molar-refractivity contribution in [3.63, 3.8) is 0 Å². The number of pyridine rings is 1. The van der Waals surface area contributed by atoms with Crippen molar-refractivity contribution in [3.05, 3.63) is 66.8 Å². The third-order valence-corrected chi connectivity index (χ3v) is 5.09. The predicted octanol–water partition coefficient (Wildman–Crippen LogP) is 3.99. The summed E-state index contributed by atoms with van der Waals surface area (Å²) in [5.41, 5.74) is 2.47. The minimum atomic E-state index is -0.324. The van der Waals surface area contributed by atoms with E-state index in [0.717, 1.165) is 11.1 Å². The first-order valence-electron chi connectivity index (χ1n) is 9.16. The number of benzene rings is 1. The first kappa shape index (κ1) is 20.7. The number of thioether (sulfide) groups is 1. The van der Waals surface area contributed by atoms with Crippen LogP contribution in [0.5, 0.6) is 0 Å². The summed E-state index contributed by atoms with van der Waals surface area (Å²) in [6.45, 7) is 8.86. The Labute approximate surface area is 173 Å². The summed E-state index contributed by atoms with van der Waals surface area (Å²) in [5.74, 6) is 0.495. The highest BCUT2D eigenvalue weighted by Crippen LogP contribution is 2.28. The molecule has 150 valence electrons. The van der Waals surface area contributed by atoms with Gasteiger partial charge in [0.1, 0.15) is 5.82 Å². The normalized spacial score (nSPS) is 10.7. The van der Waals surface area contributed by atoms with Crippen molar-refractivity contribution in [2.45, 2.75) is 19.0 Å². The summed E-state index contributed by atoms with van der Waals surface area (Å²) in [6, 6.07) is 9.75. The smallest absolute Gasteiger partial charge is 0.233 e. The molecule has 1 aromatic carbocycles. The summed E-state index contributed by atoms with van der Waals surface area (Å²) >= 11 is 1.30. The molecular formula is C21H22FN5OS. The molecule has 8 heteroatoms. The maximum absolute atomic E-state index is 13.4. The standard InChI is InChI=1S/C21H22FN5OS/c1-4-26(13-15(2)3)19(28)14-29-21-25-24-20(16-9-11-23-12-10-16)27(21)18-7-5-17(22)6-8-18/h5-12H,2,4,13-14H2,1,3H3. The van der Waals surface area contributed by atoms with Gasteiger partial charge < -0.3 is 4.90 Å². The quantitative estimate of drug-likeness (QED) is 0.414. The van der Waals surface area contributed by atoms with Crippen LogP contribution in [-0.4, -0.2) is 49.4 Å². The van der Waals surface area contributed by atoms with Crippen LogP contribution in [0.4, 0.5) is 4.39 Å². The van der Waals surface area contributed by atoms with Gasteiger partial charge in [-0.2, -0.15) is 0 Å². The number of halogens is 1. The molecule has 2 aromatic heterocycles. The van der Waals surface area contributed by atoms with Gasteiger partial charge in [-0.3, -0.25) is 14.3 Å². The van der Waals surface area contributed by atoms with E-state index in [1.54, 1.807) is 29.4 Å². The highest BCUT2D eigenvalue weighted by molar-refractivity contribution is 7.99. The first-order valence-corrected chi connectivity index (χ1v) is 10.1. The third kappa shape index (κ3) is 5.08. The van der Waals surface area contributed by atoms with Crippen LogP contribution in [0.1, 0.15) is 13.8 Å². The lowest BCUT2D eigenvalue weighted by molar-refractivity contribution is -0.127. The maximum atomic E-state index is 13.4. The lowest BCUT2D eigenvalue weighted by atomic mass is 10.2. The molecule has 6 nitrogen and oxygen atoms in total. The number of rotatable bonds is 8. The van der Waals surface area contributed by atoms with Gasteiger partial charge in [-0.1, -0.05) is 23.9 Å². The van der Waals surface area contributed by atoms with Gasteiger partial charge >= 0.3 is 0 Å². The van der Waals surface area contributed by atoms with Gasteiger partial charge in [-0.05, 0) is 50.2 Å². The second kappa shape index (κ2) is 9.47. The summed E-state index contributed by atoms with van der Waals surface area (Å²) in [5, 5.41) is 9.15. The molecule has 0 saturated carbocycles. The second-order valence-electron chi connectivity index (χ2n) is 6.51. The molecule has 0 saturated heterocycles. The maximum Gasteiger partial charge on any atom is 0.233 e. The monoisotopic (exact) mass is 411 g/mol. The lowest BCUT2D eigenvalue weighted by Crippen LogP contribution is -2.33. The molecule has 2 heterocycles. The molecule has 0 aliphatic carbocycles. The van der Waals surface area contributed by atoms with Crippen LogP contribution < -0.4 is 0 Å². The van der Waals surface area contributed by atoms with Crippen LogP contribution in [-0.2, 0) is 4.79 Å². The average molecular weight is 412 g/mol. The van der Waals surface area contributed by atoms with Gasteiger partial charge in [-0.15, -0.1) is 10.2 Å². The Morgan fingerprint density at radius 2 is 1.86 bits per heavy atom. The van der Waals surface area contributed by atoms with E-state index in [2.05, 4.69) is 21.8 Å². The molecule has 0 radical (unpaired) electrons. The van der Waals surface area contributed by atoms with Crippen LogP contribution in [0.3, 0.4) is 0 Å². The van der Waals surface area contributed by atoms with Gasteiger partial charge in [-0.25, -0.2) is 4.39 Å². The molecular weight excluding hydrogens is 389 g/mol. The van der Waals surface area contributed by atoms with E-state index in [1.165, 1.54) is 23.9 Å². The zero-order chi connectivity index (χ0) is 20.8. The van der Waals surface area contributed by atoms with Crippen molar-refractivity contribution in [1.29, 1.82) is 0 Å². The number of aromatic nitrogens is 4. The summed E-state index contributed by atoms with van der Waals surface area (Å²) < 4.78 is 15.2. The Morgan fingerprint density at radius 1 is 1.17 bits per heavy atom. The van der Waals surface area contributed by atoms with Crippen molar-refractivity contribution < 1.29 is 9.18 Å². The Balaban J connectivity index is 1.91. The predicted molar refractivity (Wildman–Crippen MR) is 112 cm³/mol. The zero-order valence-corrected chi connectivity index (χ0v) is 17.2. The Kier molecular flexibility index (Phi) is 6.77. The second-order valence-corrected chi connectivity index (χ2v) is 7.45. The summed E-state index contributed by atoms with van der Waals surface area (Å²) in [4.78, 5) is 18.4. The minimum Gasteiger partial charge on any atom is -0.338 e. The van der Waals surface area contributed by atoms with Gasteiger partial charge in [0, 0.05) is 36.7 Å². The van der Waals surface area contributed by atoms with E-state index in [9.17, 15) is 9.18 Å². The number of amides is 1. The third-order valence-electron chi connectivity index (χ3n) is 4.18. The highest BCUT2D eigenvalue weighted by atomic mass is 32.2. The van der Waals surface area contributed by atoms with Gasteiger partial charge in [0.05, 0.1) is 5.75 Å². The molecule has 0 atom stereocenters. The fourth-order valence-corrected chi connectivity index (χ4v) is 3.65. The van der Waals surface area contributed by atoms with Crippen LogP contribution in [0.25, 0.3) is 17.1 Å². The van der Waals surface area contributed by atoms with Gasteiger partial charge in [0.2, 0.25) is 5.91 Å². The average Bonchev–Trinajstić information content (AvgIpc) is 3.15. The van der Waals surface area contributed by atoms with Gasteiger partial charge in [0.25, 0.3) is 0 Å². The van der Waals surface area contributed by atoms with E-state index in [1.807, 2.05) is 30.5 Å². The number of likely N-dealkylation sites (N-methyl/N-ethyl adjacent to an activating group) is 1. The largest absolute Gasteiger partial charge is 0.338 e. The van der Waals surface area contributed by atoms with Crippen molar-refractivity contribution >= 4 is 17.7 Å². The number of nitrogens with zero attached hydrogens (tertiary/aromatic N) is 5. The van der Waals surface area contributed by atoms with Crippen molar-refractivity contribution in [2.75, 3.05) is 18.8 Å². The lowest BCUT2D eigenvalue weighted by Gasteiger charge is -2.20. The molecule has 0 unspecified atom stereocenters. The molecule has 3 rings (SSSR count). The van der Waals surface area contributed by atoms with Crippen LogP contribution >= 0.6 is 11.8 Å². The summed E-state index contributed by atoms with van der Waals surface area (Å²) in [7, 11) is 0. The van der Waals surface area contributed by atoms with Crippen LogP contribution in [0.2, 0.25) is 0 Å². The molecule has 0 aliphatic heterocycles. The molecule has 0 fully saturated rings. The number of hydrogen-bond donors (Lipinski definition) is 0. The fourth-order valence-electron chi connectivity index (χ4n) is 2.79. The Hall–Kier alpha value is -3.00. The van der Waals surface area contributed by atoms with Crippen molar-refractivity contribution in [1.82, 2.24) is 24.6 Å². The molecule has 0 bridgehead atoms. The highest BCUT2D eigenvalue weighted by Gasteiger charge is 2.19. The Bertz CT molecular complexity index is 988. The molecule has 1 amide bonds. The molecule has 0 aliphatic rings. The molecule has 29 heavy (non-hydrogen) atoms. The van der Waals surface area contributed by atoms with E-state index in [-0.39, 0.29) is 17.5 Å². The van der Waals surface area contributed by atoms with E-state index in [4.69, 9.17) is 0 Å². The molecule has 0 N–H and O–H groups in total. The topological polar surface area (TPSA) is 63.9 Å². The number of carbonyl (C=O) groups excluding carboxylic acids is 1. The SMILES string of the molecule is C=C(C)CN(CC)C(=O)CSc1nnc(-c2ccncc2)n1-c1ccc(F)cc1. The minimum absolute atomic E-state index is 0.000354. The summed E-state index contributed by atoms with van der Waals surface area (Å²) in [6.07, 6.45) is 3.35. The molecule has 0 spiro atoms. The van der Waals surface area contributed by atoms with Crippen LogP contribution in [0.15, 0.2) is 66.1 Å².